The number of urea groups is 1. The summed E-state index contributed by atoms with van der Waals surface area (Å²) >= 11 is 6.45. The number of hydrogen-bond acceptors (Lipinski definition) is 5. The highest BCUT2D eigenvalue weighted by Crippen LogP contribution is 2.34. The molecule has 2 aliphatic rings. The number of likely N-dealkylation sites (tertiary alicyclic amines) is 1. The smallest absolute Gasteiger partial charge is 0.322 e. The number of alkyl halides is 2. The number of benzene rings is 2. The summed E-state index contributed by atoms with van der Waals surface area (Å²) in [4.78, 5) is 34.2. The number of aliphatic imine (C=N–C) groups is 1. The zero-order chi connectivity index (χ0) is 26.2. The number of anilines is 1. The molecule has 0 spiro atoms. The van der Waals surface area contributed by atoms with Crippen molar-refractivity contribution in [2.24, 2.45) is 4.99 Å². The van der Waals surface area contributed by atoms with Crippen LogP contribution in [-0.4, -0.2) is 53.7 Å². The van der Waals surface area contributed by atoms with Crippen LogP contribution in [0.3, 0.4) is 0 Å². The molecule has 37 heavy (non-hydrogen) atoms. The molecule has 0 radical (unpaired) electrons. The lowest BCUT2D eigenvalue weighted by Crippen LogP contribution is -2.34. The van der Waals surface area contributed by atoms with Gasteiger partial charge < -0.3 is 15.0 Å². The number of methoxy groups -OCH3 is 1. The Morgan fingerprint density at radius 3 is 2.62 bits per heavy atom. The Morgan fingerprint density at radius 2 is 1.92 bits per heavy atom. The van der Waals surface area contributed by atoms with Gasteiger partial charge >= 0.3 is 12.0 Å². The van der Waals surface area contributed by atoms with Crippen molar-refractivity contribution >= 4 is 40.8 Å². The molecule has 2 aliphatic heterocycles. The number of rotatable bonds is 5. The van der Waals surface area contributed by atoms with Gasteiger partial charge in [-0.15, -0.1) is 0 Å². The molecule has 2 amide bonds. The lowest BCUT2D eigenvalue weighted by molar-refractivity contribution is -0.139. The number of nitrogens with one attached hydrogen (secondary N) is 1. The highest BCUT2D eigenvalue weighted by molar-refractivity contribution is 6.34. The maximum absolute atomic E-state index is 13.5. The summed E-state index contributed by atoms with van der Waals surface area (Å²) in [5.74, 6) is -2.56. The molecular formula is C27H23ClF2N4O3. The van der Waals surface area contributed by atoms with Gasteiger partial charge in [-0.25, -0.2) is 23.6 Å². The van der Waals surface area contributed by atoms with Crippen molar-refractivity contribution in [3.05, 3.63) is 76.4 Å². The van der Waals surface area contributed by atoms with Gasteiger partial charge in [-0.1, -0.05) is 35.9 Å². The molecular weight excluding hydrogens is 502 g/mol. The monoisotopic (exact) mass is 524 g/mol. The van der Waals surface area contributed by atoms with Crippen LogP contribution in [0.15, 0.2) is 59.7 Å². The second-order valence-electron chi connectivity index (χ2n) is 9.04. The molecule has 1 aromatic heterocycles. The van der Waals surface area contributed by atoms with Gasteiger partial charge in [0.15, 0.2) is 5.82 Å². The number of fused-ring (bicyclic) bond motifs is 1. The molecule has 5 rings (SSSR count). The van der Waals surface area contributed by atoms with Crippen molar-refractivity contribution < 1.29 is 23.1 Å². The Hall–Kier alpha value is -3.85. The molecule has 1 N–H and O–H groups in total. The predicted octanol–water partition coefficient (Wildman–Crippen LogP) is 5.67. The molecule has 0 saturated carbocycles. The highest BCUT2D eigenvalue weighted by atomic mass is 35.5. The third-order valence-electron chi connectivity index (χ3n) is 6.39. The summed E-state index contributed by atoms with van der Waals surface area (Å²) < 4.78 is 31.7. The molecule has 0 atom stereocenters. The van der Waals surface area contributed by atoms with E-state index in [2.05, 4.69) is 15.3 Å². The summed E-state index contributed by atoms with van der Waals surface area (Å²) in [6.07, 6.45) is 2.10. The van der Waals surface area contributed by atoms with Crippen molar-refractivity contribution in [2.75, 3.05) is 25.5 Å². The Morgan fingerprint density at radius 1 is 1.14 bits per heavy atom. The first-order valence-electron chi connectivity index (χ1n) is 11.7. The minimum atomic E-state index is -2.86. The van der Waals surface area contributed by atoms with E-state index in [9.17, 15) is 18.4 Å². The summed E-state index contributed by atoms with van der Waals surface area (Å²) in [6.45, 7) is -0.591. The van der Waals surface area contributed by atoms with Crippen LogP contribution in [0.1, 0.15) is 23.1 Å². The van der Waals surface area contributed by atoms with Gasteiger partial charge in [0.2, 0.25) is 0 Å². The van der Waals surface area contributed by atoms with E-state index in [0.717, 1.165) is 27.2 Å². The van der Waals surface area contributed by atoms with Gasteiger partial charge in [0.25, 0.3) is 5.92 Å². The average Bonchev–Trinajstić information content (AvgIpc) is 3.47. The second-order valence-corrected chi connectivity index (χ2v) is 9.45. The first kappa shape index (κ1) is 24.8. The van der Waals surface area contributed by atoms with E-state index in [1.54, 1.807) is 24.4 Å². The van der Waals surface area contributed by atoms with Gasteiger partial charge in [-0.05, 0) is 35.4 Å². The summed E-state index contributed by atoms with van der Waals surface area (Å²) in [6, 6.07) is 14.0. The molecule has 2 aromatic carbocycles. The molecule has 190 valence electrons. The van der Waals surface area contributed by atoms with Crippen LogP contribution in [0, 0.1) is 0 Å². The lowest BCUT2D eigenvalue weighted by atomic mass is 10.0. The molecule has 1 saturated heterocycles. The van der Waals surface area contributed by atoms with Crippen molar-refractivity contribution in [3.63, 3.8) is 0 Å². The molecule has 0 bridgehead atoms. The Kier molecular flexibility index (Phi) is 6.64. The number of nitrogens with zero attached hydrogens (tertiary/aromatic N) is 3. The van der Waals surface area contributed by atoms with Crippen LogP contribution in [-0.2, 0) is 22.4 Å². The van der Waals surface area contributed by atoms with Crippen molar-refractivity contribution in [1.82, 2.24) is 9.88 Å². The summed E-state index contributed by atoms with van der Waals surface area (Å²) in [5, 5.41) is 3.14. The van der Waals surface area contributed by atoms with E-state index < -0.39 is 18.5 Å². The van der Waals surface area contributed by atoms with Crippen LogP contribution >= 0.6 is 11.6 Å². The van der Waals surface area contributed by atoms with Crippen LogP contribution in [0.25, 0.3) is 11.1 Å². The molecule has 7 nitrogen and oxygen atoms in total. The zero-order valence-corrected chi connectivity index (χ0v) is 20.7. The number of esters is 1. The number of ether oxygens (including phenoxy) is 1. The zero-order valence-electron chi connectivity index (χ0n) is 19.9. The maximum Gasteiger partial charge on any atom is 0.322 e. The van der Waals surface area contributed by atoms with Crippen molar-refractivity contribution in [1.29, 1.82) is 0 Å². The molecule has 10 heteroatoms. The molecule has 0 unspecified atom stereocenters. The average molecular weight is 525 g/mol. The van der Waals surface area contributed by atoms with E-state index in [1.165, 1.54) is 7.11 Å². The fourth-order valence-corrected chi connectivity index (χ4v) is 4.61. The largest absolute Gasteiger partial charge is 0.469 e. The fraction of sp³-hybridized carbons (Fsp3) is 0.259. The fourth-order valence-electron chi connectivity index (χ4n) is 4.38. The third-order valence-corrected chi connectivity index (χ3v) is 6.72. The van der Waals surface area contributed by atoms with Crippen LogP contribution < -0.4 is 5.32 Å². The number of carbonyl (C=O) groups excluding carboxylic acids is 2. The van der Waals surface area contributed by atoms with E-state index in [-0.39, 0.29) is 25.4 Å². The number of halogens is 3. The SMILES string of the molecule is COC(=O)Cc1ccc(-c2cnc3c(c2)CC(c2cc(NC(=O)N4CCC(F)(F)C4)ccc2Cl)=N3)cc1. The van der Waals surface area contributed by atoms with Gasteiger partial charge in [0, 0.05) is 53.0 Å². The Labute approximate surface area is 217 Å². The Bertz CT molecular complexity index is 1410. The predicted molar refractivity (Wildman–Crippen MR) is 137 cm³/mol. The molecule has 1 fully saturated rings. The summed E-state index contributed by atoms with van der Waals surface area (Å²) in [7, 11) is 1.36. The number of pyridine rings is 1. The Balaban J connectivity index is 1.30. The number of hydrogen-bond donors (Lipinski definition) is 1. The lowest BCUT2D eigenvalue weighted by Gasteiger charge is -2.17. The van der Waals surface area contributed by atoms with E-state index in [0.29, 0.717) is 34.2 Å². The second kappa shape index (κ2) is 9.89. The normalized spacial score (nSPS) is 15.8. The standard InChI is InChI=1S/C27H23ClF2N4O3/c1-37-24(35)10-16-2-4-17(5-3-16)19-11-18-12-23(33-25(18)31-14-19)21-13-20(6-7-22(21)28)32-26(36)34-9-8-27(29,30)15-34/h2-7,11,13-14H,8-10,12,15H2,1H3,(H,32,36). The third kappa shape index (κ3) is 5.46. The minimum Gasteiger partial charge on any atom is -0.469 e. The summed E-state index contributed by atoms with van der Waals surface area (Å²) in [5.41, 5.74) is 5.42. The van der Waals surface area contributed by atoms with Crippen molar-refractivity contribution in [2.45, 2.75) is 25.2 Å². The topological polar surface area (TPSA) is 83.9 Å². The van der Waals surface area contributed by atoms with E-state index >= 15 is 0 Å². The highest BCUT2D eigenvalue weighted by Gasteiger charge is 2.40. The number of aromatic nitrogens is 1. The quantitative estimate of drug-likeness (QED) is 0.436. The van der Waals surface area contributed by atoms with Gasteiger partial charge in [-0.3, -0.25) is 4.79 Å². The van der Waals surface area contributed by atoms with Crippen LogP contribution in [0.4, 0.5) is 25.1 Å². The number of carbonyl (C=O) groups is 2. The maximum atomic E-state index is 13.5. The van der Waals surface area contributed by atoms with Gasteiger partial charge in [0.1, 0.15) is 0 Å². The molecule has 3 aromatic rings. The first-order chi connectivity index (χ1) is 17.7. The number of amides is 2. The van der Waals surface area contributed by atoms with Crippen LogP contribution in [0.2, 0.25) is 5.02 Å². The molecule has 0 aliphatic carbocycles. The first-order valence-corrected chi connectivity index (χ1v) is 12.0. The van der Waals surface area contributed by atoms with Gasteiger partial charge in [0.05, 0.1) is 25.8 Å². The van der Waals surface area contributed by atoms with E-state index in [4.69, 9.17) is 16.3 Å². The minimum absolute atomic E-state index is 0.00328. The van der Waals surface area contributed by atoms with E-state index in [1.807, 2.05) is 30.3 Å². The van der Waals surface area contributed by atoms with Crippen molar-refractivity contribution in [3.8, 4) is 11.1 Å². The van der Waals surface area contributed by atoms with Gasteiger partial charge in [-0.2, -0.15) is 0 Å². The van der Waals surface area contributed by atoms with Crippen LogP contribution in [0.5, 0.6) is 0 Å². The molecule has 3 heterocycles.